The zero-order valence-electron chi connectivity index (χ0n) is 13.5. The van der Waals surface area contributed by atoms with Gasteiger partial charge in [0.05, 0.1) is 0 Å². The highest BCUT2D eigenvalue weighted by molar-refractivity contribution is 7.32. The van der Waals surface area contributed by atoms with Crippen molar-refractivity contribution in [3.05, 3.63) is 0 Å². The SMILES string of the molecule is CCCCCCCCC(CCCCCCC)O[P+](=O)O. The maximum Gasteiger partial charge on any atom is 0.694 e. The van der Waals surface area contributed by atoms with E-state index in [-0.39, 0.29) is 6.10 Å². The van der Waals surface area contributed by atoms with Crippen molar-refractivity contribution in [1.29, 1.82) is 0 Å². The lowest BCUT2D eigenvalue weighted by Gasteiger charge is -2.10. The second kappa shape index (κ2) is 15.4. The molecular formula is C16H34O3P+. The third kappa shape index (κ3) is 14.4. The van der Waals surface area contributed by atoms with E-state index in [1.165, 1.54) is 57.8 Å². The van der Waals surface area contributed by atoms with E-state index in [1.54, 1.807) is 0 Å². The molecule has 2 unspecified atom stereocenters. The zero-order valence-corrected chi connectivity index (χ0v) is 14.4. The number of rotatable bonds is 15. The molecule has 0 aromatic rings. The van der Waals surface area contributed by atoms with Crippen LogP contribution >= 0.6 is 8.25 Å². The van der Waals surface area contributed by atoms with Crippen LogP contribution in [-0.4, -0.2) is 11.0 Å². The molecule has 0 amide bonds. The van der Waals surface area contributed by atoms with E-state index in [2.05, 4.69) is 13.8 Å². The maximum atomic E-state index is 10.8. The van der Waals surface area contributed by atoms with E-state index >= 15 is 0 Å². The molecule has 0 aromatic carbocycles. The van der Waals surface area contributed by atoms with Gasteiger partial charge in [-0.25, -0.2) is 0 Å². The van der Waals surface area contributed by atoms with Gasteiger partial charge in [0.2, 0.25) is 0 Å². The molecule has 3 nitrogen and oxygen atoms in total. The fourth-order valence-corrected chi connectivity index (χ4v) is 2.97. The Bertz CT molecular complexity index is 222. The molecule has 0 fully saturated rings. The first-order chi connectivity index (χ1) is 9.70. The molecule has 2 atom stereocenters. The van der Waals surface area contributed by atoms with E-state index in [9.17, 15) is 4.57 Å². The third-order valence-corrected chi connectivity index (χ3v) is 4.23. The Morgan fingerprint density at radius 3 is 1.60 bits per heavy atom. The summed E-state index contributed by atoms with van der Waals surface area (Å²) in [5.41, 5.74) is 0. The van der Waals surface area contributed by atoms with Crippen molar-refractivity contribution in [2.24, 2.45) is 0 Å². The summed E-state index contributed by atoms with van der Waals surface area (Å²) in [6.07, 6.45) is 15.5. The highest BCUT2D eigenvalue weighted by atomic mass is 31.1. The van der Waals surface area contributed by atoms with Crippen LogP contribution in [0.1, 0.15) is 97.3 Å². The highest BCUT2D eigenvalue weighted by Crippen LogP contribution is 2.25. The smallest absolute Gasteiger partial charge is 0.133 e. The van der Waals surface area contributed by atoms with Gasteiger partial charge in [0.15, 0.2) is 0 Å². The van der Waals surface area contributed by atoms with Gasteiger partial charge in [-0.2, -0.15) is 0 Å². The number of hydrogen-bond acceptors (Lipinski definition) is 2. The van der Waals surface area contributed by atoms with Crippen molar-refractivity contribution in [2.45, 2.75) is 103 Å². The van der Waals surface area contributed by atoms with E-state index in [0.717, 1.165) is 25.7 Å². The van der Waals surface area contributed by atoms with Crippen molar-refractivity contribution in [1.82, 2.24) is 0 Å². The second-order valence-electron chi connectivity index (χ2n) is 5.72. The maximum absolute atomic E-state index is 10.8. The molecular weight excluding hydrogens is 271 g/mol. The van der Waals surface area contributed by atoms with Crippen molar-refractivity contribution in [2.75, 3.05) is 0 Å². The molecule has 0 radical (unpaired) electrons. The van der Waals surface area contributed by atoms with Gasteiger partial charge < -0.3 is 0 Å². The average molecular weight is 305 g/mol. The Morgan fingerprint density at radius 1 is 0.800 bits per heavy atom. The van der Waals surface area contributed by atoms with E-state index < -0.39 is 8.25 Å². The van der Waals surface area contributed by atoms with Gasteiger partial charge in [-0.05, 0) is 12.8 Å². The Hall–Kier alpha value is 0.0200. The molecule has 0 saturated heterocycles. The highest BCUT2D eigenvalue weighted by Gasteiger charge is 2.22. The van der Waals surface area contributed by atoms with Gasteiger partial charge in [-0.15, -0.1) is 9.42 Å². The first-order valence-electron chi connectivity index (χ1n) is 8.53. The lowest BCUT2D eigenvalue weighted by molar-refractivity contribution is 0.162. The van der Waals surface area contributed by atoms with Crippen LogP contribution in [0.15, 0.2) is 0 Å². The summed E-state index contributed by atoms with van der Waals surface area (Å²) < 4.78 is 16.0. The van der Waals surface area contributed by atoms with Gasteiger partial charge >= 0.3 is 8.25 Å². The summed E-state index contributed by atoms with van der Waals surface area (Å²) in [4.78, 5) is 8.92. The van der Waals surface area contributed by atoms with Gasteiger partial charge in [0.25, 0.3) is 0 Å². The fraction of sp³-hybridized carbons (Fsp3) is 1.00. The molecule has 120 valence electrons. The molecule has 0 heterocycles. The van der Waals surface area contributed by atoms with Gasteiger partial charge in [0, 0.05) is 4.57 Å². The standard InChI is InChI=1S/C16H33O3P/c1-3-5-7-9-11-13-15-16(19-20(17)18)14-12-10-8-6-4-2/h16H,3-15H2,1-2H3/p+1. The van der Waals surface area contributed by atoms with Crippen molar-refractivity contribution >= 4 is 8.25 Å². The van der Waals surface area contributed by atoms with E-state index in [1.807, 2.05) is 0 Å². The second-order valence-corrected chi connectivity index (χ2v) is 6.41. The van der Waals surface area contributed by atoms with E-state index in [4.69, 9.17) is 9.42 Å². The van der Waals surface area contributed by atoms with Gasteiger partial charge in [0.1, 0.15) is 6.10 Å². The summed E-state index contributed by atoms with van der Waals surface area (Å²) in [7, 11) is -2.45. The number of unbranched alkanes of at least 4 members (excludes halogenated alkanes) is 9. The Balaban J connectivity index is 3.65. The van der Waals surface area contributed by atoms with Crippen molar-refractivity contribution in [3.63, 3.8) is 0 Å². The zero-order chi connectivity index (χ0) is 15.1. The Kier molecular flexibility index (Phi) is 15.4. The minimum atomic E-state index is -2.45. The topological polar surface area (TPSA) is 46.5 Å². The van der Waals surface area contributed by atoms with Crippen molar-refractivity contribution < 1.29 is 14.0 Å². The van der Waals surface area contributed by atoms with Crippen LogP contribution in [0.4, 0.5) is 0 Å². The van der Waals surface area contributed by atoms with Crippen molar-refractivity contribution in [3.8, 4) is 0 Å². The van der Waals surface area contributed by atoms with Gasteiger partial charge in [-0.1, -0.05) is 84.5 Å². The predicted octanol–water partition coefficient (Wildman–Crippen LogP) is 6.13. The van der Waals surface area contributed by atoms with Crippen LogP contribution in [-0.2, 0) is 9.09 Å². The number of hydrogen-bond donors (Lipinski definition) is 1. The van der Waals surface area contributed by atoms with Gasteiger partial charge in [-0.3, -0.25) is 0 Å². The lowest BCUT2D eigenvalue weighted by atomic mass is 10.0. The summed E-state index contributed by atoms with van der Waals surface area (Å²) in [5.74, 6) is 0. The first kappa shape index (κ1) is 20.0. The van der Waals surface area contributed by atoms with Crippen LogP contribution < -0.4 is 0 Å². The molecule has 0 bridgehead atoms. The molecule has 0 aromatic heterocycles. The molecule has 1 N–H and O–H groups in total. The van der Waals surface area contributed by atoms with E-state index in [0.29, 0.717) is 0 Å². The van der Waals surface area contributed by atoms with Crippen LogP contribution in [0.5, 0.6) is 0 Å². The van der Waals surface area contributed by atoms with Crippen LogP contribution in [0.2, 0.25) is 0 Å². The largest absolute Gasteiger partial charge is 0.694 e. The summed E-state index contributed by atoms with van der Waals surface area (Å²) >= 11 is 0. The Morgan fingerprint density at radius 2 is 1.20 bits per heavy atom. The summed E-state index contributed by atoms with van der Waals surface area (Å²) in [6.45, 7) is 4.43. The van der Waals surface area contributed by atoms with Crippen LogP contribution in [0.3, 0.4) is 0 Å². The normalized spacial score (nSPS) is 13.4. The molecule has 0 aliphatic rings. The first-order valence-corrected chi connectivity index (χ1v) is 9.66. The minimum Gasteiger partial charge on any atom is -0.133 e. The molecule has 20 heavy (non-hydrogen) atoms. The third-order valence-electron chi connectivity index (χ3n) is 3.75. The molecule has 0 rings (SSSR count). The predicted molar refractivity (Wildman–Crippen MR) is 86.1 cm³/mol. The van der Waals surface area contributed by atoms with Crippen LogP contribution in [0.25, 0.3) is 0 Å². The van der Waals surface area contributed by atoms with Crippen LogP contribution in [0, 0.1) is 0 Å². The molecule has 0 aliphatic heterocycles. The molecule has 0 spiro atoms. The molecule has 0 saturated carbocycles. The summed E-state index contributed by atoms with van der Waals surface area (Å²) in [6, 6.07) is 0. The monoisotopic (exact) mass is 305 g/mol. The minimum absolute atomic E-state index is 0.0172. The quantitative estimate of drug-likeness (QED) is 0.292. The lowest BCUT2D eigenvalue weighted by Crippen LogP contribution is -2.09. The Labute approximate surface area is 126 Å². The fourth-order valence-electron chi connectivity index (χ4n) is 2.51. The average Bonchev–Trinajstić information content (AvgIpc) is 2.41. The molecule has 0 aliphatic carbocycles. The summed E-state index contributed by atoms with van der Waals surface area (Å²) in [5, 5.41) is 0. The molecule has 4 heteroatoms.